The van der Waals surface area contributed by atoms with Gasteiger partial charge in [0.1, 0.15) is 12.4 Å². The van der Waals surface area contributed by atoms with Gasteiger partial charge in [-0.05, 0) is 30.9 Å². The second-order valence-electron chi connectivity index (χ2n) is 5.54. The molecule has 1 fully saturated rings. The Hall–Kier alpha value is -2.04. The van der Waals surface area contributed by atoms with E-state index in [4.69, 9.17) is 9.15 Å². The molecule has 2 aromatic rings. The minimum atomic E-state index is 0.180. The standard InChI is InChI=1S/C15H17N3O2/c1-2-7-13-11(4-1)8-12(9-19-13)16-15-18-17-14(20-15)10-5-3-6-10/h1-2,4,7,10,12H,3,5-6,8-9H2,(H,16,18). The van der Waals surface area contributed by atoms with Crippen LogP contribution >= 0.6 is 0 Å². The fourth-order valence-corrected chi connectivity index (χ4v) is 2.71. The lowest BCUT2D eigenvalue weighted by Crippen LogP contribution is -2.33. The van der Waals surface area contributed by atoms with Crippen molar-refractivity contribution in [2.75, 3.05) is 11.9 Å². The summed E-state index contributed by atoms with van der Waals surface area (Å²) < 4.78 is 11.4. The second kappa shape index (κ2) is 4.81. The summed E-state index contributed by atoms with van der Waals surface area (Å²) in [4.78, 5) is 0. The van der Waals surface area contributed by atoms with E-state index in [0.29, 0.717) is 18.5 Å². The van der Waals surface area contributed by atoms with Gasteiger partial charge < -0.3 is 14.5 Å². The quantitative estimate of drug-likeness (QED) is 0.930. The topological polar surface area (TPSA) is 60.2 Å². The number of anilines is 1. The molecule has 4 rings (SSSR count). The molecule has 1 N–H and O–H groups in total. The third-order valence-corrected chi connectivity index (χ3v) is 4.10. The van der Waals surface area contributed by atoms with Crippen LogP contribution in [0.4, 0.5) is 6.01 Å². The molecule has 1 atom stereocenters. The molecular formula is C15H17N3O2. The molecule has 0 bridgehead atoms. The number of benzene rings is 1. The number of nitrogens with one attached hydrogen (secondary N) is 1. The summed E-state index contributed by atoms with van der Waals surface area (Å²) in [6.07, 6.45) is 4.52. The number of fused-ring (bicyclic) bond motifs is 1. The van der Waals surface area contributed by atoms with E-state index in [-0.39, 0.29) is 6.04 Å². The lowest BCUT2D eigenvalue weighted by Gasteiger charge is -2.25. The Balaban J connectivity index is 1.43. The molecule has 0 amide bonds. The second-order valence-corrected chi connectivity index (χ2v) is 5.54. The maximum absolute atomic E-state index is 5.74. The zero-order valence-electron chi connectivity index (χ0n) is 11.2. The Morgan fingerprint density at radius 1 is 1.15 bits per heavy atom. The third-order valence-electron chi connectivity index (χ3n) is 4.10. The largest absolute Gasteiger partial charge is 0.491 e. The summed E-state index contributed by atoms with van der Waals surface area (Å²) in [5.41, 5.74) is 1.22. The number of hydrogen-bond donors (Lipinski definition) is 1. The number of aromatic nitrogens is 2. The van der Waals surface area contributed by atoms with E-state index >= 15 is 0 Å². The minimum Gasteiger partial charge on any atom is -0.491 e. The summed E-state index contributed by atoms with van der Waals surface area (Å²) in [7, 11) is 0. The van der Waals surface area contributed by atoms with E-state index < -0.39 is 0 Å². The fourth-order valence-electron chi connectivity index (χ4n) is 2.71. The van der Waals surface area contributed by atoms with Crippen LogP contribution in [-0.4, -0.2) is 22.8 Å². The maximum Gasteiger partial charge on any atom is 0.315 e. The van der Waals surface area contributed by atoms with Crippen molar-refractivity contribution < 1.29 is 9.15 Å². The molecule has 1 aliphatic carbocycles. The van der Waals surface area contributed by atoms with Crippen molar-refractivity contribution in [3.63, 3.8) is 0 Å². The van der Waals surface area contributed by atoms with Gasteiger partial charge in [-0.2, -0.15) is 0 Å². The molecule has 5 nitrogen and oxygen atoms in total. The Morgan fingerprint density at radius 2 is 2.05 bits per heavy atom. The summed E-state index contributed by atoms with van der Waals surface area (Å²) in [5, 5.41) is 11.5. The van der Waals surface area contributed by atoms with Crippen molar-refractivity contribution in [3.8, 4) is 5.75 Å². The van der Waals surface area contributed by atoms with Gasteiger partial charge in [-0.15, -0.1) is 5.10 Å². The van der Waals surface area contributed by atoms with E-state index in [1.165, 1.54) is 24.8 Å². The first-order valence-corrected chi connectivity index (χ1v) is 7.19. The molecule has 1 aromatic heterocycles. The highest BCUT2D eigenvalue weighted by Gasteiger charge is 2.26. The van der Waals surface area contributed by atoms with Crippen molar-refractivity contribution in [1.29, 1.82) is 0 Å². The van der Waals surface area contributed by atoms with Crippen LogP contribution in [0.5, 0.6) is 5.75 Å². The first-order valence-electron chi connectivity index (χ1n) is 7.19. The summed E-state index contributed by atoms with van der Waals surface area (Å²) in [6.45, 7) is 0.623. The number of rotatable bonds is 3. The van der Waals surface area contributed by atoms with Gasteiger partial charge in [0, 0.05) is 5.92 Å². The van der Waals surface area contributed by atoms with Crippen molar-refractivity contribution in [2.24, 2.45) is 0 Å². The smallest absolute Gasteiger partial charge is 0.315 e. The lowest BCUT2D eigenvalue weighted by molar-refractivity contribution is 0.269. The van der Waals surface area contributed by atoms with Crippen molar-refractivity contribution in [3.05, 3.63) is 35.7 Å². The van der Waals surface area contributed by atoms with E-state index in [1.807, 2.05) is 18.2 Å². The van der Waals surface area contributed by atoms with E-state index in [9.17, 15) is 0 Å². The van der Waals surface area contributed by atoms with Gasteiger partial charge in [0.2, 0.25) is 5.89 Å². The van der Waals surface area contributed by atoms with Crippen LogP contribution in [-0.2, 0) is 6.42 Å². The lowest BCUT2D eigenvalue weighted by atomic mass is 9.85. The molecule has 5 heteroatoms. The molecule has 1 aliphatic heterocycles. The first-order chi connectivity index (χ1) is 9.88. The van der Waals surface area contributed by atoms with Gasteiger partial charge in [-0.3, -0.25) is 0 Å². The van der Waals surface area contributed by atoms with Crippen molar-refractivity contribution in [2.45, 2.75) is 37.6 Å². The highest BCUT2D eigenvalue weighted by molar-refractivity contribution is 5.37. The predicted octanol–water partition coefficient (Wildman–Crippen LogP) is 2.75. The summed E-state index contributed by atoms with van der Waals surface area (Å²) in [6, 6.07) is 8.82. The van der Waals surface area contributed by atoms with Crippen molar-refractivity contribution >= 4 is 6.01 Å². The average Bonchev–Trinajstić information content (AvgIpc) is 2.85. The Labute approximate surface area is 117 Å². The highest BCUT2D eigenvalue weighted by Crippen LogP contribution is 2.36. The molecular weight excluding hydrogens is 254 g/mol. The minimum absolute atomic E-state index is 0.180. The van der Waals surface area contributed by atoms with Gasteiger partial charge in [0.25, 0.3) is 0 Å². The number of ether oxygens (including phenoxy) is 1. The Kier molecular flexibility index (Phi) is 2.83. The summed E-state index contributed by atoms with van der Waals surface area (Å²) >= 11 is 0. The third kappa shape index (κ3) is 2.13. The molecule has 0 spiro atoms. The van der Waals surface area contributed by atoms with Crippen LogP contribution in [0.3, 0.4) is 0 Å². The molecule has 1 aromatic carbocycles. The van der Waals surface area contributed by atoms with E-state index in [0.717, 1.165) is 18.1 Å². The SMILES string of the molecule is c1ccc2c(c1)CC(Nc1nnc(C3CCC3)o1)CO2. The number of para-hydroxylation sites is 1. The number of hydrogen-bond acceptors (Lipinski definition) is 5. The first kappa shape index (κ1) is 11.8. The van der Waals surface area contributed by atoms with Gasteiger partial charge in [0.05, 0.1) is 6.04 Å². The maximum atomic E-state index is 5.74. The molecule has 0 saturated heterocycles. The van der Waals surface area contributed by atoms with Crippen molar-refractivity contribution in [1.82, 2.24) is 10.2 Å². The molecule has 1 unspecified atom stereocenters. The molecule has 0 radical (unpaired) electrons. The fraction of sp³-hybridized carbons (Fsp3) is 0.467. The van der Waals surface area contributed by atoms with Crippen LogP contribution in [0.15, 0.2) is 28.7 Å². The molecule has 104 valence electrons. The van der Waals surface area contributed by atoms with Gasteiger partial charge in [-0.1, -0.05) is 29.7 Å². The summed E-state index contributed by atoms with van der Waals surface area (Å²) in [5.74, 6) is 2.23. The van der Waals surface area contributed by atoms with Crippen LogP contribution < -0.4 is 10.1 Å². The molecule has 2 aliphatic rings. The molecule has 1 saturated carbocycles. The van der Waals surface area contributed by atoms with E-state index in [2.05, 4.69) is 21.6 Å². The Bertz CT molecular complexity index is 607. The Morgan fingerprint density at radius 3 is 2.90 bits per heavy atom. The normalized spacial score (nSPS) is 21.7. The zero-order valence-corrected chi connectivity index (χ0v) is 11.2. The highest BCUT2D eigenvalue weighted by atomic mass is 16.5. The molecule has 20 heavy (non-hydrogen) atoms. The van der Waals surface area contributed by atoms with Gasteiger partial charge in [0.15, 0.2) is 0 Å². The molecule has 2 heterocycles. The monoisotopic (exact) mass is 271 g/mol. The number of nitrogens with zero attached hydrogens (tertiary/aromatic N) is 2. The van der Waals surface area contributed by atoms with Crippen LogP contribution in [0.25, 0.3) is 0 Å². The zero-order chi connectivity index (χ0) is 13.4. The van der Waals surface area contributed by atoms with E-state index in [1.54, 1.807) is 0 Å². The van der Waals surface area contributed by atoms with Crippen LogP contribution in [0, 0.1) is 0 Å². The average molecular weight is 271 g/mol. The van der Waals surface area contributed by atoms with Gasteiger partial charge >= 0.3 is 6.01 Å². The predicted molar refractivity (Wildman–Crippen MR) is 73.9 cm³/mol. The van der Waals surface area contributed by atoms with Crippen LogP contribution in [0.2, 0.25) is 0 Å². The van der Waals surface area contributed by atoms with Gasteiger partial charge in [-0.25, -0.2) is 0 Å². The van der Waals surface area contributed by atoms with Crippen LogP contribution in [0.1, 0.15) is 36.6 Å².